The summed E-state index contributed by atoms with van der Waals surface area (Å²) in [6.07, 6.45) is 4.36. The largest absolute Gasteiger partial charge is 0.370 e. The smallest absolute Gasteiger partial charge is 0.311 e. The van der Waals surface area contributed by atoms with Gasteiger partial charge in [0.25, 0.3) is 0 Å². The van der Waals surface area contributed by atoms with Crippen molar-refractivity contribution in [3.8, 4) is 0 Å². The van der Waals surface area contributed by atoms with Crippen molar-refractivity contribution < 1.29 is 4.92 Å². The van der Waals surface area contributed by atoms with E-state index in [1.807, 2.05) is 6.92 Å². The third kappa shape index (κ3) is 3.13. The van der Waals surface area contributed by atoms with Crippen molar-refractivity contribution in [1.82, 2.24) is 4.98 Å². The first-order valence-corrected chi connectivity index (χ1v) is 6.71. The van der Waals surface area contributed by atoms with Crippen LogP contribution in [0, 0.1) is 10.1 Å². The van der Waals surface area contributed by atoms with E-state index in [9.17, 15) is 10.1 Å². The Hall–Kier alpha value is -1.85. The van der Waals surface area contributed by atoms with Gasteiger partial charge in [-0.25, -0.2) is 4.98 Å². The van der Waals surface area contributed by atoms with Gasteiger partial charge in [-0.15, -0.1) is 0 Å². The zero-order chi connectivity index (χ0) is 13.9. The van der Waals surface area contributed by atoms with E-state index in [0.29, 0.717) is 11.6 Å². The summed E-state index contributed by atoms with van der Waals surface area (Å²) in [5.41, 5.74) is -0.0439. The van der Waals surface area contributed by atoms with E-state index >= 15 is 0 Å². The van der Waals surface area contributed by atoms with Crippen molar-refractivity contribution in [3.05, 3.63) is 22.2 Å². The third-order valence-electron chi connectivity index (χ3n) is 3.56. The fraction of sp³-hybridized carbons (Fsp3) is 0.615. The maximum atomic E-state index is 11.1. The Morgan fingerprint density at radius 1 is 1.42 bits per heavy atom. The molecule has 1 aliphatic rings. The second-order valence-electron chi connectivity index (χ2n) is 5.24. The highest BCUT2D eigenvalue weighted by molar-refractivity contribution is 5.61. The fourth-order valence-corrected chi connectivity index (χ4v) is 2.54. The van der Waals surface area contributed by atoms with Crippen LogP contribution in [0.2, 0.25) is 0 Å². The van der Waals surface area contributed by atoms with Crippen molar-refractivity contribution in [1.29, 1.82) is 0 Å². The second kappa shape index (κ2) is 5.42. The van der Waals surface area contributed by atoms with Gasteiger partial charge in [0.15, 0.2) is 0 Å². The lowest BCUT2D eigenvalue weighted by Crippen LogP contribution is -2.31. The van der Waals surface area contributed by atoms with Crippen LogP contribution >= 0.6 is 0 Å². The molecule has 0 spiro atoms. The molecule has 1 saturated carbocycles. The van der Waals surface area contributed by atoms with Crippen molar-refractivity contribution >= 4 is 17.3 Å². The van der Waals surface area contributed by atoms with Gasteiger partial charge in [-0.2, -0.15) is 0 Å². The number of rotatable bonds is 5. The molecule has 0 bridgehead atoms. The minimum absolute atomic E-state index is 0.0368. The number of aromatic nitrogens is 1. The number of nitrogens with zero attached hydrogens (tertiary/aromatic N) is 2. The average Bonchev–Trinajstić information content (AvgIpc) is 2.76. The molecule has 0 aliphatic heterocycles. The molecule has 0 amide bonds. The maximum absolute atomic E-state index is 11.1. The Morgan fingerprint density at radius 3 is 2.68 bits per heavy atom. The SMILES string of the molecule is CCNc1ccc([N+](=O)[O-])c(NC2(C)CCCC2)n1. The summed E-state index contributed by atoms with van der Waals surface area (Å²) >= 11 is 0. The van der Waals surface area contributed by atoms with Crippen LogP contribution < -0.4 is 10.6 Å². The van der Waals surface area contributed by atoms with Crippen LogP contribution in [0.4, 0.5) is 17.3 Å². The van der Waals surface area contributed by atoms with Gasteiger partial charge >= 0.3 is 5.69 Å². The number of pyridine rings is 1. The van der Waals surface area contributed by atoms with Crippen LogP contribution in [0.25, 0.3) is 0 Å². The van der Waals surface area contributed by atoms with Crippen LogP contribution in [0.1, 0.15) is 39.5 Å². The average molecular weight is 264 g/mol. The molecule has 19 heavy (non-hydrogen) atoms. The Labute approximate surface area is 112 Å². The van der Waals surface area contributed by atoms with Gasteiger partial charge in [0.2, 0.25) is 5.82 Å². The van der Waals surface area contributed by atoms with Gasteiger partial charge < -0.3 is 10.6 Å². The Morgan fingerprint density at radius 2 is 2.11 bits per heavy atom. The summed E-state index contributed by atoms with van der Waals surface area (Å²) < 4.78 is 0. The lowest BCUT2D eigenvalue weighted by Gasteiger charge is -2.25. The lowest BCUT2D eigenvalue weighted by atomic mass is 10.0. The molecule has 1 fully saturated rings. The van der Waals surface area contributed by atoms with Gasteiger partial charge in [-0.05, 0) is 32.8 Å². The summed E-state index contributed by atoms with van der Waals surface area (Å²) in [7, 11) is 0. The molecule has 0 radical (unpaired) electrons. The summed E-state index contributed by atoms with van der Waals surface area (Å²) in [4.78, 5) is 15.0. The van der Waals surface area contributed by atoms with Crippen molar-refractivity contribution in [2.24, 2.45) is 0 Å². The maximum Gasteiger partial charge on any atom is 0.311 e. The number of nitrogens with one attached hydrogen (secondary N) is 2. The Bertz CT molecular complexity index is 470. The predicted octanol–water partition coefficient (Wildman–Crippen LogP) is 3.17. The lowest BCUT2D eigenvalue weighted by molar-refractivity contribution is -0.384. The molecule has 1 aromatic rings. The van der Waals surface area contributed by atoms with Crippen molar-refractivity contribution in [2.45, 2.75) is 45.1 Å². The molecule has 6 nitrogen and oxygen atoms in total. The fourth-order valence-electron chi connectivity index (χ4n) is 2.54. The van der Waals surface area contributed by atoms with E-state index < -0.39 is 0 Å². The number of hydrogen-bond acceptors (Lipinski definition) is 5. The van der Waals surface area contributed by atoms with Crippen molar-refractivity contribution in [3.63, 3.8) is 0 Å². The zero-order valence-corrected chi connectivity index (χ0v) is 11.4. The molecule has 104 valence electrons. The molecule has 6 heteroatoms. The first-order chi connectivity index (χ1) is 9.04. The van der Waals surface area contributed by atoms with E-state index in [1.54, 1.807) is 6.07 Å². The van der Waals surface area contributed by atoms with E-state index in [0.717, 1.165) is 32.2 Å². The summed E-state index contributed by atoms with van der Waals surface area (Å²) in [6.45, 7) is 4.81. The summed E-state index contributed by atoms with van der Waals surface area (Å²) in [5.74, 6) is 1.03. The molecule has 0 unspecified atom stereocenters. The molecule has 2 rings (SSSR count). The second-order valence-corrected chi connectivity index (χ2v) is 5.24. The van der Waals surface area contributed by atoms with Gasteiger partial charge in [-0.3, -0.25) is 10.1 Å². The standard InChI is InChI=1S/C13H20N4O2/c1-3-14-11-7-6-10(17(18)19)12(15-11)16-13(2)8-4-5-9-13/h6-7H,3-5,8-9H2,1-2H3,(H2,14,15,16). The van der Waals surface area contributed by atoms with Gasteiger partial charge in [-0.1, -0.05) is 12.8 Å². The highest BCUT2D eigenvalue weighted by Crippen LogP contribution is 2.35. The first kappa shape index (κ1) is 13.6. The Kier molecular flexibility index (Phi) is 3.87. The summed E-state index contributed by atoms with van der Waals surface area (Å²) in [6, 6.07) is 3.15. The molecule has 2 N–H and O–H groups in total. The predicted molar refractivity (Wildman–Crippen MR) is 75.6 cm³/mol. The topological polar surface area (TPSA) is 80.1 Å². The first-order valence-electron chi connectivity index (χ1n) is 6.71. The summed E-state index contributed by atoms with van der Waals surface area (Å²) in [5, 5.41) is 17.4. The number of anilines is 2. The minimum atomic E-state index is -0.386. The monoisotopic (exact) mass is 264 g/mol. The number of hydrogen-bond donors (Lipinski definition) is 2. The van der Waals surface area contributed by atoms with Gasteiger partial charge in [0, 0.05) is 18.2 Å². The van der Waals surface area contributed by atoms with E-state index in [-0.39, 0.29) is 16.1 Å². The van der Waals surface area contributed by atoms with Crippen LogP contribution in [-0.4, -0.2) is 22.0 Å². The number of nitro groups is 1. The van der Waals surface area contributed by atoms with Crippen LogP contribution in [0.5, 0.6) is 0 Å². The van der Waals surface area contributed by atoms with Crippen LogP contribution in [-0.2, 0) is 0 Å². The van der Waals surface area contributed by atoms with E-state index in [2.05, 4.69) is 22.5 Å². The third-order valence-corrected chi connectivity index (χ3v) is 3.56. The van der Waals surface area contributed by atoms with E-state index in [4.69, 9.17) is 0 Å². The van der Waals surface area contributed by atoms with Gasteiger partial charge in [0.05, 0.1) is 4.92 Å². The van der Waals surface area contributed by atoms with Crippen LogP contribution in [0.3, 0.4) is 0 Å². The molecule has 1 aliphatic carbocycles. The Balaban J connectivity index is 2.29. The highest BCUT2D eigenvalue weighted by atomic mass is 16.6. The molecular weight excluding hydrogens is 244 g/mol. The molecule has 0 atom stereocenters. The highest BCUT2D eigenvalue weighted by Gasteiger charge is 2.31. The van der Waals surface area contributed by atoms with E-state index in [1.165, 1.54) is 6.07 Å². The minimum Gasteiger partial charge on any atom is -0.370 e. The molecule has 0 aromatic carbocycles. The quantitative estimate of drug-likeness (QED) is 0.630. The van der Waals surface area contributed by atoms with Crippen molar-refractivity contribution in [2.75, 3.05) is 17.2 Å². The van der Waals surface area contributed by atoms with Gasteiger partial charge in [0.1, 0.15) is 5.82 Å². The normalized spacial score (nSPS) is 17.2. The zero-order valence-electron chi connectivity index (χ0n) is 11.4. The van der Waals surface area contributed by atoms with Crippen LogP contribution in [0.15, 0.2) is 12.1 Å². The molecule has 1 aromatic heterocycles. The molecule has 0 saturated heterocycles. The molecule has 1 heterocycles. The molecular formula is C13H20N4O2.